The monoisotopic (exact) mass is 537 g/mol. The number of rotatable bonds is 7. The number of anilines is 1. The largest absolute Gasteiger partial charge is 0.444 e. The lowest BCUT2D eigenvalue weighted by atomic mass is 9.83. The molecule has 0 aliphatic heterocycles. The zero-order valence-corrected chi connectivity index (χ0v) is 24.0. The lowest BCUT2D eigenvalue weighted by Gasteiger charge is -2.30. The molecule has 210 valence electrons. The minimum Gasteiger partial charge on any atom is -0.444 e. The van der Waals surface area contributed by atoms with E-state index in [4.69, 9.17) is 4.74 Å². The summed E-state index contributed by atoms with van der Waals surface area (Å²) in [6, 6.07) is 5.27. The molecule has 1 fully saturated rings. The average molecular weight is 538 g/mol. The number of ether oxygens (including phenoxy) is 1. The number of halogens is 1. The Bertz CT molecular complexity index is 1380. The van der Waals surface area contributed by atoms with Crippen molar-refractivity contribution in [2.45, 2.75) is 84.8 Å². The first kappa shape index (κ1) is 28.5. The van der Waals surface area contributed by atoms with E-state index >= 15 is 4.39 Å². The van der Waals surface area contributed by atoms with Gasteiger partial charge in [-0.3, -0.25) is 9.48 Å². The van der Waals surface area contributed by atoms with Crippen LogP contribution < -0.4 is 10.6 Å². The second-order valence-electron chi connectivity index (χ2n) is 11.9. The van der Waals surface area contributed by atoms with Gasteiger partial charge in [-0.2, -0.15) is 5.10 Å². The highest BCUT2D eigenvalue weighted by atomic mass is 19.1. The molecule has 1 aromatic carbocycles. The molecular weight excluding hydrogens is 497 g/mol. The minimum absolute atomic E-state index is 0.0824. The highest BCUT2D eigenvalue weighted by Gasteiger charge is 2.29. The Balaban J connectivity index is 1.45. The summed E-state index contributed by atoms with van der Waals surface area (Å²) in [5, 5.41) is 11.3. The Kier molecular flexibility index (Phi) is 8.28. The van der Waals surface area contributed by atoms with Crippen molar-refractivity contribution in [2.75, 3.05) is 11.9 Å². The van der Waals surface area contributed by atoms with Gasteiger partial charge < -0.3 is 15.4 Å². The average Bonchev–Trinajstić information content (AvgIpc) is 3.18. The van der Waals surface area contributed by atoms with Gasteiger partial charge in [-0.05, 0) is 87.8 Å². The molecule has 0 radical (unpaired) electrons. The number of Topliss-reactive ketones (excluding diaryl/α,β-unsaturated/α-hetero) is 1. The Morgan fingerprint density at radius 1 is 1.21 bits per heavy atom. The Labute approximate surface area is 229 Å². The van der Waals surface area contributed by atoms with Gasteiger partial charge in [0.15, 0.2) is 11.6 Å². The molecule has 2 N–H and O–H groups in total. The van der Waals surface area contributed by atoms with Crippen LogP contribution in [-0.4, -0.2) is 44.8 Å². The number of carbonyl (C=O) groups excluding carboxylic acids is 2. The van der Waals surface area contributed by atoms with Crippen LogP contribution in [0.2, 0.25) is 0 Å². The SMILES string of the molecule is Cc1cnc(NCC(=O)[C@H]2CCC[C@@H](NC(=O)OC(C)(C)C)C2)cc1-c1cc(F)c2nn(C)c(C(C)C)c2c1. The fourth-order valence-electron chi connectivity index (χ4n) is 5.46. The zero-order chi connectivity index (χ0) is 28.5. The van der Waals surface area contributed by atoms with Gasteiger partial charge in [0, 0.05) is 36.3 Å². The summed E-state index contributed by atoms with van der Waals surface area (Å²) in [7, 11) is 1.84. The van der Waals surface area contributed by atoms with Crippen LogP contribution in [0.4, 0.5) is 15.0 Å². The first-order chi connectivity index (χ1) is 18.3. The Morgan fingerprint density at radius 2 is 1.95 bits per heavy atom. The summed E-state index contributed by atoms with van der Waals surface area (Å²) < 4.78 is 22.2. The normalized spacial score (nSPS) is 17.9. The molecule has 2 atom stereocenters. The van der Waals surface area contributed by atoms with E-state index in [1.165, 1.54) is 6.07 Å². The summed E-state index contributed by atoms with van der Waals surface area (Å²) in [5.41, 5.74) is 3.28. The number of fused-ring (bicyclic) bond motifs is 1. The molecule has 1 aliphatic carbocycles. The Morgan fingerprint density at radius 3 is 2.64 bits per heavy atom. The Hall–Kier alpha value is -3.49. The van der Waals surface area contributed by atoms with Crippen LogP contribution in [0.5, 0.6) is 0 Å². The third-order valence-electron chi connectivity index (χ3n) is 7.19. The maximum Gasteiger partial charge on any atom is 0.407 e. The molecular formula is C30H40FN5O3. The summed E-state index contributed by atoms with van der Waals surface area (Å²) in [5.74, 6) is 0.318. The van der Waals surface area contributed by atoms with Crippen molar-refractivity contribution in [1.82, 2.24) is 20.1 Å². The third kappa shape index (κ3) is 6.75. The van der Waals surface area contributed by atoms with Crippen molar-refractivity contribution in [3.63, 3.8) is 0 Å². The molecule has 1 amide bonds. The predicted octanol–water partition coefficient (Wildman–Crippen LogP) is 6.27. The maximum absolute atomic E-state index is 15.1. The number of hydrogen-bond donors (Lipinski definition) is 2. The van der Waals surface area contributed by atoms with Gasteiger partial charge >= 0.3 is 6.09 Å². The van der Waals surface area contributed by atoms with Crippen LogP contribution in [0.15, 0.2) is 24.4 Å². The number of alkyl carbamates (subject to hydrolysis) is 1. The minimum atomic E-state index is -0.565. The van der Waals surface area contributed by atoms with E-state index in [9.17, 15) is 9.59 Å². The lowest BCUT2D eigenvalue weighted by Crippen LogP contribution is -2.43. The molecule has 0 saturated heterocycles. The second kappa shape index (κ2) is 11.3. The van der Waals surface area contributed by atoms with Gasteiger partial charge in [-0.15, -0.1) is 0 Å². The molecule has 9 heteroatoms. The number of pyridine rings is 1. The maximum atomic E-state index is 15.1. The quantitative estimate of drug-likeness (QED) is 0.369. The van der Waals surface area contributed by atoms with Crippen molar-refractivity contribution in [3.8, 4) is 11.1 Å². The van der Waals surface area contributed by atoms with Crippen molar-refractivity contribution in [3.05, 3.63) is 41.5 Å². The highest BCUT2D eigenvalue weighted by Crippen LogP contribution is 2.33. The van der Waals surface area contributed by atoms with Gasteiger partial charge in [0.05, 0.1) is 6.54 Å². The molecule has 0 bridgehead atoms. The van der Waals surface area contributed by atoms with Crippen LogP contribution in [0, 0.1) is 18.7 Å². The third-order valence-corrected chi connectivity index (χ3v) is 7.19. The fourth-order valence-corrected chi connectivity index (χ4v) is 5.46. The number of aryl methyl sites for hydroxylation is 2. The number of hydrogen-bond acceptors (Lipinski definition) is 6. The van der Waals surface area contributed by atoms with Crippen LogP contribution in [-0.2, 0) is 16.6 Å². The predicted molar refractivity (Wildman–Crippen MR) is 151 cm³/mol. The van der Waals surface area contributed by atoms with Crippen LogP contribution >= 0.6 is 0 Å². The van der Waals surface area contributed by atoms with Crippen molar-refractivity contribution < 1.29 is 18.7 Å². The van der Waals surface area contributed by atoms with E-state index in [-0.39, 0.29) is 36.0 Å². The van der Waals surface area contributed by atoms with Crippen LogP contribution in [0.3, 0.4) is 0 Å². The summed E-state index contributed by atoms with van der Waals surface area (Å²) in [4.78, 5) is 29.7. The van der Waals surface area contributed by atoms with Gasteiger partial charge in [-0.25, -0.2) is 14.2 Å². The highest BCUT2D eigenvalue weighted by molar-refractivity contribution is 5.89. The van der Waals surface area contributed by atoms with Gasteiger partial charge in [0.25, 0.3) is 0 Å². The van der Waals surface area contributed by atoms with Gasteiger partial charge in [0.1, 0.15) is 16.9 Å². The van der Waals surface area contributed by atoms with Gasteiger partial charge in [0.2, 0.25) is 0 Å². The number of amides is 1. The molecule has 0 unspecified atom stereocenters. The first-order valence-corrected chi connectivity index (χ1v) is 13.7. The summed E-state index contributed by atoms with van der Waals surface area (Å²) in [6.07, 6.45) is 4.37. The van der Waals surface area contributed by atoms with Crippen molar-refractivity contribution >= 4 is 28.6 Å². The van der Waals surface area contributed by atoms with E-state index < -0.39 is 11.7 Å². The number of aromatic nitrogens is 3. The van der Waals surface area contributed by atoms with Gasteiger partial charge in [-0.1, -0.05) is 20.3 Å². The van der Waals surface area contributed by atoms with E-state index in [0.29, 0.717) is 17.8 Å². The van der Waals surface area contributed by atoms with E-state index in [2.05, 4.69) is 34.6 Å². The molecule has 8 nitrogen and oxygen atoms in total. The van der Waals surface area contributed by atoms with Crippen LogP contribution in [0.25, 0.3) is 22.0 Å². The number of benzene rings is 1. The zero-order valence-electron chi connectivity index (χ0n) is 24.0. The lowest BCUT2D eigenvalue weighted by molar-refractivity contribution is -0.122. The molecule has 39 heavy (non-hydrogen) atoms. The van der Waals surface area contributed by atoms with Crippen LogP contribution in [0.1, 0.15) is 77.5 Å². The number of ketones is 1. The fraction of sp³-hybridized carbons (Fsp3) is 0.533. The smallest absolute Gasteiger partial charge is 0.407 e. The number of nitrogens with zero attached hydrogens (tertiary/aromatic N) is 3. The van der Waals surface area contributed by atoms with Crippen molar-refractivity contribution in [2.24, 2.45) is 13.0 Å². The molecule has 1 aliphatic rings. The molecule has 4 rings (SSSR count). The van der Waals surface area contributed by atoms with Crippen molar-refractivity contribution in [1.29, 1.82) is 0 Å². The molecule has 3 aromatic rings. The number of carbonyl (C=O) groups is 2. The number of nitrogens with one attached hydrogen (secondary N) is 2. The topological polar surface area (TPSA) is 98.1 Å². The van der Waals surface area contributed by atoms with E-state index in [1.807, 2.05) is 46.9 Å². The summed E-state index contributed by atoms with van der Waals surface area (Å²) >= 11 is 0. The second-order valence-corrected chi connectivity index (χ2v) is 11.9. The van der Waals surface area contributed by atoms with E-state index in [0.717, 1.165) is 47.0 Å². The molecule has 1 saturated carbocycles. The molecule has 2 aromatic heterocycles. The summed E-state index contributed by atoms with van der Waals surface area (Å²) in [6.45, 7) is 11.7. The van der Waals surface area contributed by atoms with E-state index in [1.54, 1.807) is 10.9 Å². The standard InChI is InChI=1S/C30H40FN5O3/c1-17(2)28-23-12-20(13-24(31)27(23)35-36(28)7)22-14-26(32-15-18(22)3)33-16-25(37)19-9-8-10-21(11-19)34-29(38)39-30(4,5)6/h12-15,17,19,21H,8-11,16H2,1-7H3,(H,32,33)(H,34,38)/t19-,21+/m0/s1. The first-order valence-electron chi connectivity index (χ1n) is 13.7. The molecule has 2 heterocycles. The molecule has 0 spiro atoms.